The van der Waals surface area contributed by atoms with Gasteiger partial charge in [0.25, 0.3) is 0 Å². The Hall–Kier alpha value is -0.810. The number of aromatic amines is 1. The lowest BCUT2D eigenvalue weighted by Crippen LogP contribution is -2.08. The maximum Gasteiger partial charge on any atom is 0.178 e. The van der Waals surface area contributed by atoms with Crippen molar-refractivity contribution < 1.29 is 0 Å². The first kappa shape index (κ1) is 10.7. The van der Waals surface area contributed by atoms with Gasteiger partial charge in [-0.05, 0) is 24.5 Å². The lowest BCUT2D eigenvalue weighted by Gasteiger charge is -2.09. The zero-order valence-corrected chi connectivity index (χ0v) is 10.4. The minimum absolute atomic E-state index is 0.559. The van der Waals surface area contributed by atoms with E-state index in [0.29, 0.717) is 5.25 Å². The van der Waals surface area contributed by atoms with E-state index in [9.17, 15) is 0 Å². The van der Waals surface area contributed by atoms with Crippen LogP contribution in [0.25, 0.3) is 11.0 Å². The lowest BCUT2D eigenvalue weighted by molar-refractivity contribution is 0.702. The molecule has 0 saturated carbocycles. The summed E-state index contributed by atoms with van der Waals surface area (Å²) in [4.78, 5) is 7.23. The molecular formula is C10H13N3S2. The van der Waals surface area contributed by atoms with E-state index in [2.05, 4.69) is 27.7 Å². The van der Waals surface area contributed by atoms with Crippen LogP contribution in [0.15, 0.2) is 18.5 Å². The summed E-state index contributed by atoms with van der Waals surface area (Å²) >= 11 is 7.13. The first-order valence-corrected chi connectivity index (χ1v) is 6.47. The number of H-pyrrole nitrogens is 1. The number of nitrogens with zero attached hydrogens (tertiary/aromatic N) is 2. The van der Waals surface area contributed by atoms with E-state index >= 15 is 0 Å². The molecule has 0 aliphatic rings. The van der Waals surface area contributed by atoms with Gasteiger partial charge in [0.2, 0.25) is 0 Å². The molecule has 0 radical (unpaired) electrons. The van der Waals surface area contributed by atoms with Gasteiger partial charge in [0.1, 0.15) is 0 Å². The summed E-state index contributed by atoms with van der Waals surface area (Å²) in [6.45, 7) is 3.14. The molecule has 0 aliphatic carbocycles. The molecule has 0 aliphatic heterocycles. The molecule has 1 atom stereocenters. The fourth-order valence-corrected chi connectivity index (χ4v) is 2.10. The maximum absolute atomic E-state index is 5.29. The maximum atomic E-state index is 5.29. The van der Waals surface area contributed by atoms with Gasteiger partial charge in [-0.2, -0.15) is 11.8 Å². The largest absolute Gasteiger partial charge is 0.329 e. The number of rotatable bonds is 3. The van der Waals surface area contributed by atoms with Crippen molar-refractivity contribution in [3.05, 3.63) is 23.2 Å². The van der Waals surface area contributed by atoms with Crippen LogP contribution in [-0.4, -0.2) is 26.0 Å². The fourth-order valence-electron chi connectivity index (χ4n) is 1.52. The van der Waals surface area contributed by atoms with E-state index in [0.717, 1.165) is 22.3 Å². The van der Waals surface area contributed by atoms with E-state index in [1.165, 1.54) is 0 Å². The van der Waals surface area contributed by atoms with Crippen LogP contribution in [-0.2, 0) is 6.54 Å². The van der Waals surface area contributed by atoms with Gasteiger partial charge in [0.15, 0.2) is 4.77 Å². The van der Waals surface area contributed by atoms with Crippen LogP contribution in [0.4, 0.5) is 0 Å². The molecule has 1 unspecified atom stereocenters. The van der Waals surface area contributed by atoms with Gasteiger partial charge in [-0.15, -0.1) is 0 Å². The second-order valence-electron chi connectivity index (χ2n) is 3.48. The third-order valence-electron chi connectivity index (χ3n) is 2.42. The van der Waals surface area contributed by atoms with E-state index in [1.54, 1.807) is 6.20 Å². The molecule has 0 amide bonds. The Kier molecular flexibility index (Phi) is 3.11. The zero-order chi connectivity index (χ0) is 10.8. The Balaban J connectivity index is 2.50. The minimum Gasteiger partial charge on any atom is -0.329 e. The highest BCUT2D eigenvalue weighted by molar-refractivity contribution is 7.99. The van der Waals surface area contributed by atoms with Gasteiger partial charge < -0.3 is 9.55 Å². The Labute approximate surface area is 97.9 Å². The Morgan fingerprint density at radius 3 is 3.20 bits per heavy atom. The molecule has 5 heteroatoms. The first-order valence-electron chi connectivity index (χ1n) is 4.77. The van der Waals surface area contributed by atoms with Gasteiger partial charge >= 0.3 is 0 Å². The highest BCUT2D eigenvalue weighted by Gasteiger charge is 2.07. The number of imidazole rings is 1. The van der Waals surface area contributed by atoms with E-state index in [1.807, 2.05) is 24.0 Å². The molecule has 15 heavy (non-hydrogen) atoms. The van der Waals surface area contributed by atoms with Crippen LogP contribution < -0.4 is 0 Å². The van der Waals surface area contributed by atoms with Crippen molar-refractivity contribution in [2.45, 2.75) is 18.7 Å². The van der Waals surface area contributed by atoms with Gasteiger partial charge in [-0.1, -0.05) is 6.92 Å². The molecule has 3 nitrogen and oxygen atoms in total. The van der Waals surface area contributed by atoms with Crippen LogP contribution in [0.1, 0.15) is 6.92 Å². The smallest absolute Gasteiger partial charge is 0.178 e. The highest BCUT2D eigenvalue weighted by atomic mass is 32.2. The van der Waals surface area contributed by atoms with Crippen LogP contribution >= 0.6 is 24.0 Å². The summed E-state index contributed by atoms with van der Waals surface area (Å²) in [6, 6.07) is 1.99. The molecule has 2 aromatic rings. The quantitative estimate of drug-likeness (QED) is 0.836. The standard InChI is InChI=1S/C10H13N3S2/c1-7(15-2)6-13-9-3-4-11-5-8(9)12-10(13)14/h3-5,7H,6H2,1-2H3,(H,12,14). The summed E-state index contributed by atoms with van der Waals surface area (Å²) in [6.07, 6.45) is 5.72. The molecule has 2 heterocycles. The van der Waals surface area contributed by atoms with Crippen molar-refractivity contribution in [2.75, 3.05) is 6.26 Å². The third kappa shape index (κ3) is 2.08. The van der Waals surface area contributed by atoms with Gasteiger partial charge in [0.05, 0.1) is 17.2 Å². The molecule has 0 saturated heterocycles. The molecule has 80 valence electrons. The highest BCUT2D eigenvalue weighted by Crippen LogP contribution is 2.16. The van der Waals surface area contributed by atoms with Crippen molar-refractivity contribution in [3.63, 3.8) is 0 Å². The van der Waals surface area contributed by atoms with Crippen molar-refractivity contribution >= 4 is 35.0 Å². The second-order valence-corrected chi connectivity index (χ2v) is 5.14. The van der Waals surface area contributed by atoms with Crippen molar-refractivity contribution in [3.8, 4) is 0 Å². The fraction of sp³-hybridized carbons (Fsp3) is 0.400. The number of pyridine rings is 1. The number of nitrogens with one attached hydrogen (secondary N) is 1. The Morgan fingerprint density at radius 2 is 2.47 bits per heavy atom. The zero-order valence-electron chi connectivity index (χ0n) is 8.73. The summed E-state index contributed by atoms with van der Waals surface area (Å²) in [5.41, 5.74) is 2.15. The summed E-state index contributed by atoms with van der Waals surface area (Å²) < 4.78 is 2.91. The topological polar surface area (TPSA) is 33.6 Å². The molecular weight excluding hydrogens is 226 g/mol. The number of hydrogen-bond donors (Lipinski definition) is 1. The van der Waals surface area contributed by atoms with Crippen LogP contribution in [0.2, 0.25) is 0 Å². The average molecular weight is 239 g/mol. The minimum atomic E-state index is 0.559. The molecule has 0 aromatic carbocycles. The van der Waals surface area contributed by atoms with Crippen LogP contribution in [0.3, 0.4) is 0 Å². The van der Waals surface area contributed by atoms with E-state index < -0.39 is 0 Å². The molecule has 0 bridgehead atoms. The van der Waals surface area contributed by atoms with Crippen LogP contribution in [0, 0.1) is 4.77 Å². The number of aromatic nitrogens is 3. The third-order valence-corrected chi connectivity index (χ3v) is 3.69. The summed E-state index contributed by atoms with van der Waals surface area (Å²) in [7, 11) is 0. The lowest BCUT2D eigenvalue weighted by atomic mass is 10.4. The summed E-state index contributed by atoms with van der Waals surface area (Å²) in [5, 5.41) is 0.559. The molecule has 0 spiro atoms. The van der Waals surface area contributed by atoms with Crippen molar-refractivity contribution in [1.82, 2.24) is 14.5 Å². The van der Waals surface area contributed by atoms with Crippen molar-refractivity contribution in [2.24, 2.45) is 0 Å². The average Bonchev–Trinajstić information content (AvgIpc) is 2.55. The predicted molar refractivity (Wildman–Crippen MR) is 67.9 cm³/mol. The van der Waals surface area contributed by atoms with Crippen LogP contribution in [0.5, 0.6) is 0 Å². The second kappa shape index (κ2) is 4.37. The number of fused-ring (bicyclic) bond motifs is 1. The Bertz CT molecular complexity index is 515. The van der Waals surface area contributed by atoms with Crippen molar-refractivity contribution in [1.29, 1.82) is 0 Å². The molecule has 0 fully saturated rings. The monoisotopic (exact) mass is 239 g/mol. The summed E-state index contributed by atoms with van der Waals surface area (Å²) in [5.74, 6) is 0. The molecule has 2 rings (SSSR count). The van der Waals surface area contributed by atoms with Gasteiger partial charge in [0, 0.05) is 18.0 Å². The van der Waals surface area contributed by atoms with E-state index in [-0.39, 0.29) is 0 Å². The van der Waals surface area contributed by atoms with Gasteiger partial charge in [-0.3, -0.25) is 4.98 Å². The SMILES string of the molecule is CSC(C)Cn1c(=S)[nH]c2cnccc21. The number of thioether (sulfide) groups is 1. The molecule has 2 aromatic heterocycles. The van der Waals surface area contributed by atoms with E-state index in [4.69, 9.17) is 12.2 Å². The first-order chi connectivity index (χ1) is 7.22. The Morgan fingerprint density at radius 1 is 1.67 bits per heavy atom. The predicted octanol–water partition coefficient (Wildman–Crippen LogP) is 2.85. The van der Waals surface area contributed by atoms with Gasteiger partial charge in [-0.25, -0.2) is 0 Å². The molecule has 1 N–H and O–H groups in total. The number of hydrogen-bond acceptors (Lipinski definition) is 3. The normalized spacial score (nSPS) is 13.2.